The quantitative estimate of drug-likeness (QED) is 0.110. The Kier molecular flexibility index (Phi) is 11.9. The number of H-pyrrole nitrogens is 2. The lowest BCUT2D eigenvalue weighted by atomic mass is 9.80. The molecule has 17 heteroatoms. The molecule has 63 heavy (non-hydrogen) atoms. The summed E-state index contributed by atoms with van der Waals surface area (Å²) in [6.07, 6.45) is 2.23. The Morgan fingerprint density at radius 2 is 1.41 bits per heavy atom. The highest BCUT2D eigenvalue weighted by Crippen LogP contribution is 2.48. The van der Waals surface area contributed by atoms with E-state index in [1.54, 1.807) is 20.0 Å². The van der Waals surface area contributed by atoms with Crippen LogP contribution in [-0.2, 0) is 23.8 Å². The molecular formula is C46H54F2N8O7. The molecule has 334 valence electrons. The Morgan fingerprint density at radius 1 is 0.794 bits per heavy atom. The molecule has 15 nitrogen and oxygen atoms in total. The summed E-state index contributed by atoms with van der Waals surface area (Å²) in [5.41, 5.74) is 4.67. The van der Waals surface area contributed by atoms with Crippen LogP contribution < -0.4 is 10.6 Å². The summed E-state index contributed by atoms with van der Waals surface area (Å²) in [5.74, 6) is -3.59. The molecule has 5 heterocycles. The zero-order valence-corrected chi connectivity index (χ0v) is 36.3. The standard InChI is InChI=1S/C46H54F2N8O7/c1-25(2)36(53-43(59)61-5)41(57)55-22-45(16-7-17-63-24-45)19-34(55)39-49-21-33(51-39)28-10-8-27(9-11-28)29-12-14-31-30(18-29)13-15-32-38(31)52-40(50-32)35-20-46(47,48)23-56(35)42(58)37(26(3)4)54-44(60)62-6/h8-15,18,21,25-26,34-37H,7,16-17,19-20,22-24H2,1-6H3,(H,49,51)(H,50,52)(H,53,59)(H,54,60)/t34-,35-,36-,37-,45-/m0/s1. The van der Waals surface area contributed by atoms with Crippen molar-refractivity contribution in [1.29, 1.82) is 0 Å². The second-order valence-electron chi connectivity index (χ2n) is 17.9. The van der Waals surface area contributed by atoms with Crippen molar-refractivity contribution in [3.63, 3.8) is 0 Å². The zero-order valence-electron chi connectivity index (χ0n) is 36.3. The average molecular weight is 869 g/mol. The Morgan fingerprint density at radius 3 is 2.03 bits per heavy atom. The minimum atomic E-state index is -3.15. The van der Waals surface area contributed by atoms with Gasteiger partial charge in [-0.25, -0.2) is 28.3 Å². The van der Waals surface area contributed by atoms with Crippen molar-refractivity contribution >= 4 is 45.8 Å². The van der Waals surface area contributed by atoms with Gasteiger partial charge in [-0.05, 0) is 65.3 Å². The monoisotopic (exact) mass is 868 g/mol. The minimum Gasteiger partial charge on any atom is -0.453 e. The average Bonchev–Trinajstić information content (AvgIpc) is 4.08. The Labute approximate surface area is 363 Å². The van der Waals surface area contributed by atoms with E-state index in [1.165, 1.54) is 14.2 Å². The van der Waals surface area contributed by atoms with Gasteiger partial charge in [0.2, 0.25) is 11.8 Å². The van der Waals surface area contributed by atoms with Crippen LogP contribution in [-0.4, -0.2) is 112 Å². The number of aromatic nitrogens is 4. The fraction of sp³-hybridized carbons (Fsp3) is 0.478. The van der Waals surface area contributed by atoms with E-state index in [0.29, 0.717) is 43.0 Å². The largest absolute Gasteiger partial charge is 0.453 e. The van der Waals surface area contributed by atoms with E-state index in [1.807, 2.05) is 73.3 Å². The number of aromatic amines is 2. The maximum Gasteiger partial charge on any atom is 0.407 e. The van der Waals surface area contributed by atoms with Gasteiger partial charge in [-0.1, -0.05) is 70.2 Å². The van der Waals surface area contributed by atoms with Crippen LogP contribution in [0.5, 0.6) is 0 Å². The summed E-state index contributed by atoms with van der Waals surface area (Å²) in [6.45, 7) is 8.20. The molecule has 0 aliphatic carbocycles. The number of nitrogens with one attached hydrogen (secondary N) is 4. The molecule has 5 atom stereocenters. The molecule has 2 aromatic heterocycles. The van der Waals surface area contributed by atoms with E-state index in [4.69, 9.17) is 19.4 Å². The third-order valence-electron chi connectivity index (χ3n) is 12.8. The summed E-state index contributed by atoms with van der Waals surface area (Å²) >= 11 is 0. The maximum absolute atomic E-state index is 15.0. The number of alkyl carbamates (subject to hydrolysis) is 2. The van der Waals surface area contributed by atoms with Crippen LogP contribution in [0.15, 0.2) is 60.8 Å². The van der Waals surface area contributed by atoms with E-state index in [-0.39, 0.29) is 35.0 Å². The Bertz CT molecular complexity index is 2510. The maximum atomic E-state index is 15.0. The first-order valence-corrected chi connectivity index (χ1v) is 21.4. The highest BCUT2D eigenvalue weighted by atomic mass is 19.3. The predicted molar refractivity (Wildman–Crippen MR) is 231 cm³/mol. The summed E-state index contributed by atoms with van der Waals surface area (Å²) in [4.78, 5) is 71.3. The van der Waals surface area contributed by atoms with Gasteiger partial charge < -0.3 is 44.6 Å². The van der Waals surface area contributed by atoms with E-state index in [9.17, 15) is 28.0 Å². The topological polar surface area (TPSA) is 184 Å². The normalized spacial score (nSPS) is 21.9. The Hall–Kier alpha value is -6.10. The third-order valence-corrected chi connectivity index (χ3v) is 12.8. The first-order chi connectivity index (χ1) is 30.1. The minimum absolute atomic E-state index is 0.170. The van der Waals surface area contributed by atoms with Gasteiger partial charge in [0.25, 0.3) is 5.92 Å². The molecule has 0 saturated carbocycles. The number of amides is 4. The number of nitrogens with zero attached hydrogens (tertiary/aromatic N) is 4. The molecule has 4 N–H and O–H groups in total. The number of hydrogen-bond donors (Lipinski definition) is 4. The van der Waals surface area contributed by atoms with E-state index in [2.05, 4.69) is 25.3 Å². The number of hydrogen-bond acceptors (Lipinski definition) is 9. The van der Waals surface area contributed by atoms with Crippen LogP contribution in [0.1, 0.15) is 77.1 Å². The summed E-state index contributed by atoms with van der Waals surface area (Å²) in [6, 6.07) is 14.7. The molecule has 3 saturated heterocycles. The van der Waals surface area contributed by atoms with Gasteiger partial charge >= 0.3 is 12.2 Å². The number of benzene rings is 3. The third kappa shape index (κ3) is 8.67. The van der Waals surface area contributed by atoms with E-state index in [0.717, 1.165) is 50.9 Å². The summed E-state index contributed by atoms with van der Waals surface area (Å²) in [7, 11) is 2.46. The molecule has 8 rings (SSSR count). The number of likely N-dealkylation sites (tertiary alicyclic amines) is 2. The second kappa shape index (κ2) is 17.2. The number of methoxy groups -OCH3 is 2. The van der Waals surface area contributed by atoms with Crippen LogP contribution in [0, 0.1) is 17.3 Å². The van der Waals surface area contributed by atoms with Gasteiger partial charge in [0.05, 0.1) is 62.4 Å². The summed E-state index contributed by atoms with van der Waals surface area (Å²) < 4.78 is 45.4. The number of carbonyl (C=O) groups is 4. The molecule has 0 bridgehead atoms. The molecule has 4 amide bonds. The lowest BCUT2D eigenvalue weighted by molar-refractivity contribution is -0.137. The number of fused-ring (bicyclic) bond motifs is 3. The van der Waals surface area contributed by atoms with Crippen molar-refractivity contribution in [1.82, 2.24) is 40.4 Å². The lowest BCUT2D eigenvalue weighted by Gasteiger charge is -2.33. The molecule has 1 spiro atoms. The number of alkyl halides is 2. The van der Waals surface area contributed by atoms with Gasteiger partial charge in [-0.3, -0.25) is 9.59 Å². The molecular weight excluding hydrogens is 815 g/mol. The van der Waals surface area contributed by atoms with Gasteiger partial charge in [0.15, 0.2) is 0 Å². The number of ether oxygens (including phenoxy) is 3. The van der Waals surface area contributed by atoms with Crippen molar-refractivity contribution in [2.24, 2.45) is 17.3 Å². The van der Waals surface area contributed by atoms with Crippen LogP contribution in [0.3, 0.4) is 0 Å². The van der Waals surface area contributed by atoms with Gasteiger partial charge in [-0.15, -0.1) is 0 Å². The SMILES string of the molecule is COC(=O)N[C@H](C(=O)N1C[C@]2(CCCOC2)C[C@H]1c1ncc(-c2ccc(-c3ccc4c(ccc5[nH]c([C@@H]6CC(F)(F)CN6C(=O)[C@@H](NC(=O)OC)C(C)C)nc54)c3)cc2)[nH]1)C(C)C. The van der Waals surface area contributed by atoms with Crippen molar-refractivity contribution in [2.75, 3.05) is 40.5 Å². The fourth-order valence-electron chi connectivity index (χ4n) is 9.43. The predicted octanol–water partition coefficient (Wildman–Crippen LogP) is 7.51. The second-order valence-corrected chi connectivity index (χ2v) is 17.9. The van der Waals surface area contributed by atoms with Crippen LogP contribution >= 0.6 is 0 Å². The van der Waals surface area contributed by atoms with Crippen molar-refractivity contribution < 1.29 is 42.2 Å². The van der Waals surface area contributed by atoms with E-state index < -0.39 is 55.1 Å². The van der Waals surface area contributed by atoms with Crippen molar-refractivity contribution in [3.05, 3.63) is 72.4 Å². The molecule has 3 aliphatic heterocycles. The lowest BCUT2D eigenvalue weighted by Crippen LogP contribution is -2.51. The number of halogens is 2. The Balaban J connectivity index is 1.02. The molecule has 5 aromatic rings. The highest BCUT2D eigenvalue weighted by Gasteiger charge is 2.51. The highest BCUT2D eigenvalue weighted by molar-refractivity contribution is 6.05. The van der Waals surface area contributed by atoms with Crippen molar-refractivity contribution in [2.45, 2.75) is 83.5 Å². The zero-order chi connectivity index (χ0) is 44.8. The van der Waals surface area contributed by atoms with E-state index >= 15 is 0 Å². The fourth-order valence-corrected chi connectivity index (χ4v) is 9.43. The van der Waals surface area contributed by atoms with Crippen LogP contribution in [0.25, 0.3) is 44.2 Å². The first kappa shape index (κ1) is 43.5. The number of rotatable bonds is 10. The molecule has 0 radical (unpaired) electrons. The molecule has 3 aromatic carbocycles. The number of imidazole rings is 2. The number of carbonyl (C=O) groups excluding carboxylic acids is 4. The van der Waals surface area contributed by atoms with Gasteiger partial charge in [0, 0.05) is 30.4 Å². The first-order valence-electron chi connectivity index (χ1n) is 21.4. The molecule has 3 aliphatic rings. The smallest absolute Gasteiger partial charge is 0.407 e. The van der Waals surface area contributed by atoms with Crippen LogP contribution in [0.4, 0.5) is 18.4 Å². The van der Waals surface area contributed by atoms with Gasteiger partial charge in [-0.2, -0.15) is 0 Å². The molecule has 0 unspecified atom stereocenters. The van der Waals surface area contributed by atoms with Crippen LogP contribution in [0.2, 0.25) is 0 Å². The summed E-state index contributed by atoms with van der Waals surface area (Å²) in [5, 5.41) is 6.95. The van der Waals surface area contributed by atoms with Gasteiger partial charge in [0.1, 0.15) is 23.7 Å². The molecule has 3 fully saturated rings. The van der Waals surface area contributed by atoms with Crippen molar-refractivity contribution in [3.8, 4) is 22.4 Å².